The number of hydrogen-bond acceptors (Lipinski definition) is 3. The van der Waals surface area contributed by atoms with Crippen molar-refractivity contribution in [3.63, 3.8) is 0 Å². The zero-order valence-electron chi connectivity index (χ0n) is 9.86. The first kappa shape index (κ1) is 11.0. The SMILES string of the molecule is O=C(NCc1ccc2c(c1)CNC2)c1cn[nH]c1. The van der Waals surface area contributed by atoms with Crippen molar-refractivity contribution in [3.05, 3.63) is 52.8 Å². The largest absolute Gasteiger partial charge is 0.348 e. The quantitative estimate of drug-likeness (QED) is 0.750. The van der Waals surface area contributed by atoms with Crippen LogP contribution in [0.3, 0.4) is 0 Å². The van der Waals surface area contributed by atoms with Crippen molar-refractivity contribution in [1.82, 2.24) is 20.8 Å². The van der Waals surface area contributed by atoms with Crippen molar-refractivity contribution in [2.24, 2.45) is 0 Å². The van der Waals surface area contributed by atoms with E-state index in [1.807, 2.05) is 0 Å². The number of aromatic amines is 1. The van der Waals surface area contributed by atoms with E-state index < -0.39 is 0 Å². The Balaban J connectivity index is 1.65. The monoisotopic (exact) mass is 242 g/mol. The molecule has 3 N–H and O–H groups in total. The molecule has 2 aromatic rings. The van der Waals surface area contributed by atoms with Crippen LogP contribution in [0.5, 0.6) is 0 Å². The second-order valence-corrected chi connectivity index (χ2v) is 4.38. The van der Waals surface area contributed by atoms with Crippen LogP contribution in [0, 0.1) is 0 Å². The number of carbonyl (C=O) groups excluding carboxylic acids is 1. The molecule has 0 saturated carbocycles. The van der Waals surface area contributed by atoms with Crippen molar-refractivity contribution in [2.45, 2.75) is 19.6 Å². The second-order valence-electron chi connectivity index (χ2n) is 4.38. The normalized spacial score (nSPS) is 13.3. The number of nitrogens with one attached hydrogen (secondary N) is 3. The van der Waals surface area contributed by atoms with Crippen molar-refractivity contribution in [3.8, 4) is 0 Å². The molecule has 92 valence electrons. The van der Waals surface area contributed by atoms with Gasteiger partial charge in [-0.3, -0.25) is 9.89 Å². The van der Waals surface area contributed by atoms with Gasteiger partial charge < -0.3 is 10.6 Å². The lowest BCUT2D eigenvalue weighted by molar-refractivity contribution is 0.0951. The Kier molecular flexibility index (Phi) is 2.82. The van der Waals surface area contributed by atoms with Gasteiger partial charge in [0.05, 0.1) is 11.8 Å². The van der Waals surface area contributed by atoms with E-state index >= 15 is 0 Å². The van der Waals surface area contributed by atoms with Gasteiger partial charge in [-0.1, -0.05) is 18.2 Å². The predicted molar refractivity (Wildman–Crippen MR) is 66.7 cm³/mol. The summed E-state index contributed by atoms with van der Waals surface area (Å²) in [5.74, 6) is -0.109. The molecule has 1 aliphatic heterocycles. The highest BCUT2D eigenvalue weighted by Crippen LogP contribution is 2.16. The Morgan fingerprint density at radius 2 is 2.22 bits per heavy atom. The molecule has 0 spiro atoms. The third kappa shape index (κ3) is 2.12. The number of carbonyl (C=O) groups is 1. The topological polar surface area (TPSA) is 69.8 Å². The van der Waals surface area contributed by atoms with Crippen molar-refractivity contribution in [1.29, 1.82) is 0 Å². The Labute approximate surface area is 105 Å². The lowest BCUT2D eigenvalue weighted by Crippen LogP contribution is -2.22. The van der Waals surface area contributed by atoms with E-state index in [-0.39, 0.29) is 5.91 Å². The lowest BCUT2D eigenvalue weighted by atomic mass is 10.1. The molecule has 1 aromatic carbocycles. The number of rotatable bonds is 3. The van der Waals surface area contributed by atoms with E-state index in [0.29, 0.717) is 12.1 Å². The molecular formula is C13H14N4O. The minimum Gasteiger partial charge on any atom is -0.348 e. The average Bonchev–Trinajstić information content (AvgIpc) is 3.05. The highest BCUT2D eigenvalue weighted by molar-refractivity contribution is 5.93. The molecule has 0 radical (unpaired) electrons. The first-order valence-electron chi connectivity index (χ1n) is 5.91. The Bertz CT molecular complexity index is 562. The van der Waals surface area contributed by atoms with Crippen LogP contribution in [0.4, 0.5) is 0 Å². The standard InChI is InChI=1S/C13H14N4O/c18-13(12-7-16-17-8-12)15-4-9-1-2-10-5-14-6-11(10)3-9/h1-3,7-8,14H,4-6H2,(H,15,18)(H,16,17). The molecule has 1 aromatic heterocycles. The molecule has 0 atom stereocenters. The number of amides is 1. The van der Waals surface area contributed by atoms with Gasteiger partial charge in [0.15, 0.2) is 0 Å². The van der Waals surface area contributed by atoms with Gasteiger partial charge in [0, 0.05) is 25.8 Å². The van der Waals surface area contributed by atoms with Crippen molar-refractivity contribution in [2.75, 3.05) is 0 Å². The molecule has 0 saturated heterocycles. The summed E-state index contributed by atoms with van der Waals surface area (Å²) in [7, 11) is 0. The van der Waals surface area contributed by atoms with Crippen LogP contribution in [0.25, 0.3) is 0 Å². The van der Waals surface area contributed by atoms with Crippen LogP contribution < -0.4 is 10.6 Å². The number of aromatic nitrogens is 2. The molecule has 1 aliphatic rings. The van der Waals surface area contributed by atoms with E-state index in [9.17, 15) is 4.79 Å². The summed E-state index contributed by atoms with van der Waals surface area (Å²) in [6.45, 7) is 2.40. The molecule has 0 aliphatic carbocycles. The first-order chi connectivity index (χ1) is 8.83. The zero-order chi connectivity index (χ0) is 12.4. The van der Waals surface area contributed by atoms with Crippen LogP contribution >= 0.6 is 0 Å². The third-order valence-corrected chi connectivity index (χ3v) is 3.12. The first-order valence-corrected chi connectivity index (χ1v) is 5.91. The molecule has 2 heterocycles. The summed E-state index contributed by atoms with van der Waals surface area (Å²) in [6.07, 6.45) is 3.10. The summed E-state index contributed by atoms with van der Waals surface area (Å²) in [4.78, 5) is 11.7. The predicted octanol–water partition coefficient (Wildman–Crippen LogP) is 0.943. The number of nitrogens with zero attached hydrogens (tertiary/aromatic N) is 1. The summed E-state index contributed by atoms with van der Waals surface area (Å²) in [5.41, 5.74) is 4.34. The molecule has 18 heavy (non-hydrogen) atoms. The van der Waals surface area contributed by atoms with Gasteiger partial charge >= 0.3 is 0 Å². The summed E-state index contributed by atoms with van der Waals surface area (Å²) in [6, 6.07) is 6.32. The molecule has 5 heteroatoms. The molecule has 0 fully saturated rings. The van der Waals surface area contributed by atoms with Crippen LogP contribution in [0.1, 0.15) is 27.0 Å². The summed E-state index contributed by atoms with van der Waals surface area (Å²) >= 11 is 0. The van der Waals surface area contributed by atoms with Crippen LogP contribution in [0.2, 0.25) is 0 Å². The van der Waals surface area contributed by atoms with Gasteiger partial charge in [0.1, 0.15) is 0 Å². The second kappa shape index (κ2) is 4.62. The van der Waals surface area contributed by atoms with Crippen molar-refractivity contribution < 1.29 is 4.79 Å². The molecule has 1 amide bonds. The fourth-order valence-corrected chi connectivity index (χ4v) is 2.12. The lowest BCUT2D eigenvalue weighted by Gasteiger charge is -2.06. The number of H-pyrrole nitrogens is 1. The maximum atomic E-state index is 11.7. The van der Waals surface area contributed by atoms with E-state index in [4.69, 9.17) is 0 Å². The maximum Gasteiger partial charge on any atom is 0.254 e. The highest BCUT2D eigenvalue weighted by atomic mass is 16.1. The van der Waals surface area contributed by atoms with Gasteiger partial charge in [-0.25, -0.2) is 0 Å². The molecular weight excluding hydrogens is 228 g/mol. The third-order valence-electron chi connectivity index (χ3n) is 3.12. The van der Waals surface area contributed by atoms with Crippen molar-refractivity contribution >= 4 is 5.91 Å². The Morgan fingerprint density at radius 3 is 3.06 bits per heavy atom. The molecule has 5 nitrogen and oxygen atoms in total. The minimum atomic E-state index is -0.109. The fraction of sp³-hybridized carbons (Fsp3) is 0.231. The Morgan fingerprint density at radius 1 is 1.33 bits per heavy atom. The van der Waals surface area contributed by atoms with E-state index in [2.05, 4.69) is 39.0 Å². The minimum absolute atomic E-state index is 0.109. The Hall–Kier alpha value is -2.14. The van der Waals surface area contributed by atoms with E-state index in [1.54, 1.807) is 6.20 Å². The number of fused-ring (bicyclic) bond motifs is 1. The van der Waals surface area contributed by atoms with Gasteiger partial charge in [0.2, 0.25) is 0 Å². The number of benzene rings is 1. The highest BCUT2D eigenvalue weighted by Gasteiger charge is 2.11. The van der Waals surface area contributed by atoms with Gasteiger partial charge in [0.25, 0.3) is 5.91 Å². The van der Waals surface area contributed by atoms with Crippen LogP contribution in [-0.2, 0) is 19.6 Å². The van der Waals surface area contributed by atoms with Crippen LogP contribution in [-0.4, -0.2) is 16.1 Å². The number of hydrogen-bond donors (Lipinski definition) is 3. The molecule has 0 bridgehead atoms. The summed E-state index contributed by atoms with van der Waals surface area (Å²) < 4.78 is 0. The van der Waals surface area contributed by atoms with Gasteiger partial charge in [-0.2, -0.15) is 5.10 Å². The fourth-order valence-electron chi connectivity index (χ4n) is 2.12. The van der Waals surface area contributed by atoms with Gasteiger partial charge in [-0.05, 0) is 16.7 Å². The van der Waals surface area contributed by atoms with Gasteiger partial charge in [-0.15, -0.1) is 0 Å². The van der Waals surface area contributed by atoms with Crippen LogP contribution in [0.15, 0.2) is 30.6 Å². The molecule has 0 unspecified atom stereocenters. The molecule has 3 rings (SSSR count). The summed E-state index contributed by atoms with van der Waals surface area (Å²) in [5, 5.41) is 12.6. The maximum absolute atomic E-state index is 11.7. The smallest absolute Gasteiger partial charge is 0.254 e. The average molecular weight is 242 g/mol. The van der Waals surface area contributed by atoms with E-state index in [1.165, 1.54) is 17.3 Å². The zero-order valence-corrected chi connectivity index (χ0v) is 9.86. The van der Waals surface area contributed by atoms with E-state index in [0.717, 1.165) is 18.7 Å².